The summed E-state index contributed by atoms with van der Waals surface area (Å²) in [6.07, 6.45) is 1.74. The first kappa shape index (κ1) is 31.0. The van der Waals surface area contributed by atoms with E-state index >= 15 is 0 Å². The molecule has 1 aromatic heterocycles. The summed E-state index contributed by atoms with van der Waals surface area (Å²) < 4.78 is 20.5. The van der Waals surface area contributed by atoms with E-state index in [0.717, 1.165) is 20.4 Å². The number of hydrogen-bond acceptors (Lipinski definition) is 7. The van der Waals surface area contributed by atoms with Crippen molar-refractivity contribution in [2.45, 2.75) is 46.4 Å². The molecule has 0 radical (unpaired) electrons. The fraction of sp³-hybridized carbons (Fsp3) is 0.242. The van der Waals surface area contributed by atoms with Gasteiger partial charge < -0.3 is 14.2 Å². The minimum atomic E-state index is -0.754. The fourth-order valence-electron chi connectivity index (χ4n) is 4.77. The molecule has 1 aliphatic heterocycles. The number of esters is 1. The van der Waals surface area contributed by atoms with Gasteiger partial charge in [0, 0.05) is 10.6 Å². The fourth-order valence-corrected chi connectivity index (χ4v) is 6.64. The molecule has 0 N–H and O–H groups in total. The van der Waals surface area contributed by atoms with Crippen LogP contribution >= 0.6 is 45.5 Å². The topological polar surface area (TPSA) is 79.1 Å². The molecule has 0 spiro atoms. The molecule has 4 aromatic rings. The summed E-state index contributed by atoms with van der Waals surface area (Å²) in [5, 5.41) is 0.680. The summed E-state index contributed by atoms with van der Waals surface area (Å²) in [5.74, 6) is 0.828. The molecular weight excluding hydrogens is 699 g/mol. The van der Waals surface area contributed by atoms with Gasteiger partial charge in [-0.25, -0.2) is 9.79 Å². The maximum atomic E-state index is 14.0. The van der Waals surface area contributed by atoms with Gasteiger partial charge in [-0.15, -0.1) is 0 Å². The first-order valence-corrected chi connectivity index (χ1v) is 16.1. The smallest absolute Gasteiger partial charge is 0.338 e. The van der Waals surface area contributed by atoms with Gasteiger partial charge in [0.15, 0.2) is 4.80 Å². The Kier molecular flexibility index (Phi) is 9.73. The normalized spacial score (nSPS) is 14.9. The second kappa shape index (κ2) is 13.5. The number of benzene rings is 3. The van der Waals surface area contributed by atoms with Crippen molar-refractivity contribution in [2.75, 3.05) is 6.61 Å². The second-order valence-corrected chi connectivity index (χ2v) is 12.7. The Morgan fingerprint density at radius 3 is 2.56 bits per heavy atom. The Bertz CT molecular complexity index is 1880. The lowest BCUT2D eigenvalue weighted by Gasteiger charge is -2.26. The molecule has 43 heavy (non-hydrogen) atoms. The third kappa shape index (κ3) is 6.89. The van der Waals surface area contributed by atoms with Crippen LogP contribution in [0, 0.1) is 3.57 Å². The Labute approximate surface area is 272 Å². The maximum Gasteiger partial charge on any atom is 0.338 e. The van der Waals surface area contributed by atoms with Crippen LogP contribution in [0.4, 0.5) is 0 Å². The number of thiazole rings is 1. The van der Waals surface area contributed by atoms with Crippen LogP contribution in [-0.2, 0) is 16.1 Å². The predicted octanol–water partition coefficient (Wildman–Crippen LogP) is 6.42. The molecule has 0 unspecified atom stereocenters. The van der Waals surface area contributed by atoms with Crippen LogP contribution < -0.4 is 24.4 Å². The number of carbonyl (C=O) groups is 1. The van der Waals surface area contributed by atoms with Crippen LogP contribution in [0.5, 0.6) is 11.5 Å². The lowest BCUT2D eigenvalue weighted by atomic mass is 9.95. The number of hydrogen-bond donors (Lipinski definition) is 0. The van der Waals surface area contributed by atoms with Gasteiger partial charge in [0.05, 0.1) is 32.1 Å². The Hall–Kier alpha value is -3.41. The molecule has 0 aliphatic carbocycles. The number of allylic oxidation sites excluding steroid dienone is 1. The monoisotopic (exact) mass is 728 g/mol. The summed E-state index contributed by atoms with van der Waals surface area (Å²) in [4.78, 5) is 32.5. The molecule has 1 aliphatic rings. The highest BCUT2D eigenvalue weighted by molar-refractivity contribution is 14.1. The van der Waals surface area contributed by atoms with Crippen molar-refractivity contribution in [2.24, 2.45) is 4.99 Å². The van der Waals surface area contributed by atoms with Crippen molar-refractivity contribution in [3.8, 4) is 11.5 Å². The highest BCUT2D eigenvalue weighted by Gasteiger charge is 2.35. The summed E-state index contributed by atoms with van der Waals surface area (Å²) >= 11 is 9.50. The average molecular weight is 729 g/mol. The van der Waals surface area contributed by atoms with Crippen molar-refractivity contribution in [3.05, 3.63) is 123 Å². The van der Waals surface area contributed by atoms with Crippen molar-refractivity contribution in [1.82, 2.24) is 4.57 Å². The third-order valence-corrected chi connectivity index (χ3v) is 8.73. The minimum Gasteiger partial charge on any atom is -0.491 e. The van der Waals surface area contributed by atoms with Gasteiger partial charge in [-0.2, -0.15) is 0 Å². The van der Waals surface area contributed by atoms with Gasteiger partial charge in [-0.1, -0.05) is 59.3 Å². The number of ether oxygens (including phenoxy) is 3. The van der Waals surface area contributed by atoms with Gasteiger partial charge >= 0.3 is 5.97 Å². The van der Waals surface area contributed by atoms with Crippen molar-refractivity contribution >= 4 is 57.6 Å². The number of para-hydroxylation sites is 1. The van der Waals surface area contributed by atoms with E-state index in [1.807, 2.05) is 86.7 Å². The minimum absolute atomic E-state index is 0.103. The van der Waals surface area contributed by atoms with Crippen molar-refractivity contribution in [1.29, 1.82) is 0 Å². The summed E-state index contributed by atoms with van der Waals surface area (Å²) in [6, 6.07) is 20.0. The number of halogens is 2. The molecule has 1 atom stereocenters. The Morgan fingerprint density at radius 2 is 1.86 bits per heavy atom. The van der Waals surface area contributed by atoms with Crippen LogP contribution in [-0.4, -0.2) is 23.2 Å². The summed E-state index contributed by atoms with van der Waals surface area (Å²) in [7, 11) is 0. The average Bonchev–Trinajstić information content (AvgIpc) is 3.26. The standard InChI is InChI=1S/C33H30ClIN2O5S/c1-5-40-32(39)29-20(4)36-33-37(30(29)24-8-6-7-9-26(24)42-19(2)3)31(38)28(43-33)17-22-12-15-27(25(35)16-22)41-18-21-10-13-23(34)14-11-21/h6-17,19,30H,5,18H2,1-4H3/b28-17+/t30-/m1/s1. The molecule has 0 bridgehead atoms. The number of rotatable bonds is 9. The van der Waals surface area contributed by atoms with E-state index in [9.17, 15) is 9.59 Å². The van der Waals surface area contributed by atoms with Crippen LogP contribution in [0.15, 0.2) is 87.8 Å². The molecule has 0 fully saturated rings. The molecule has 222 valence electrons. The van der Waals surface area contributed by atoms with E-state index in [-0.39, 0.29) is 18.3 Å². The number of fused-ring (bicyclic) bond motifs is 1. The van der Waals surface area contributed by atoms with E-state index in [2.05, 4.69) is 27.6 Å². The summed E-state index contributed by atoms with van der Waals surface area (Å²) in [6.45, 7) is 8.01. The van der Waals surface area contributed by atoms with Gasteiger partial charge in [0.2, 0.25) is 0 Å². The predicted molar refractivity (Wildman–Crippen MR) is 178 cm³/mol. The second-order valence-electron chi connectivity index (χ2n) is 10.1. The van der Waals surface area contributed by atoms with Crippen molar-refractivity contribution < 1.29 is 19.0 Å². The molecule has 10 heteroatoms. The van der Waals surface area contributed by atoms with Crippen LogP contribution in [0.2, 0.25) is 5.02 Å². The number of carbonyl (C=O) groups excluding carboxylic acids is 1. The first-order chi connectivity index (χ1) is 20.7. The largest absolute Gasteiger partial charge is 0.491 e. The quantitative estimate of drug-likeness (QED) is 0.147. The lowest BCUT2D eigenvalue weighted by Crippen LogP contribution is -2.40. The molecule has 5 rings (SSSR count). The van der Waals surface area contributed by atoms with Crippen molar-refractivity contribution in [3.63, 3.8) is 0 Å². The van der Waals surface area contributed by atoms with E-state index in [0.29, 0.717) is 43.5 Å². The zero-order valence-electron chi connectivity index (χ0n) is 24.1. The van der Waals surface area contributed by atoms with Crippen LogP contribution in [0.3, 0.4) is 0 Å². The van der Waals surface area contributed by atoms with E-state index < -0.39 is 12.0 Å². The van der Waals surface area contributed by atoms with Gasteiger partial charge in [0.25, 0.3) is 5.56 Å². The van der Waals surface area contributed by atoms with E-state index in [1.165, 1.54) is 11.3 Å². The number of nitrogens with zero attached hydrogens (tertiary/aromatic N) is 2. The highest BCUT2D eigenvalue weighted by Crippen LogP contribution is 2.36. The maximum absolute atomic E-state index is 14.0. The molecule has 0 saturated heterocycles. The molecular formula is C33H30ClIN2O5S. The Balaban J connectivity index is 1.55. The molecule has 0 saturated carbocycles. The number of aromatic nitrogens is 1. The molecule has 2 heterocycles. The van der Waals surface area contributed by atoms with Gasteiger partial charge in [0.1, 0.15) is 24.1 Å². The van der Waals surface area contributed by atoms with Crippen LogP contribution in [0.1, 0.15) is 50.4 Å². The SMILES string of the molecule is CCOC(=O)C1=C(C)N=c2s/c(=C/c3ccc(OCc4ccc(Cl)cc4)c(I)c3)c(=O)n2[C@@H]1c1ccccc1OC(C)C. The first-order valence-electron chi connectivity index (χ1n) is 13.8. The van der Waals surface area contributed by atoms with E-state index in [1.54, 1.807) is 18.4 Å². The van der Waals surface area contributed by atoms with Gasteiger partial charge in [-0.3, -0.25) is 9.36 Å². The zero-order chi connectivity index (χ0) is 30.7. The zero-order valence-corrected chi connectivity index (χ0v) is 27.8. The molecule has 3 aromatic carbocycles. The van der Waals surface area contributed by atoms with Gasteiger partial charge in [-0.05, 0) is 97.8 Å². The third-order valence-electron chi connectivity index (χ3n) is 6.65. The molecule has 7 nitrogen and oxygen atoms in total. The lowest BCUT2D eigenvalue weighted by molar-refractivity contribution is -0.139. The summed E-state index contributed by atoms with van der Waals surface area (Å²) in [5.41, 5.74) is 3.12. The van der Waals surface area contributed by atoms with E-state index in [4.69, 9.17) is 25.8 Å². The van der Waals surface area contributed by atoms with Crippen LogP contribution in [0.25, 0.3) is 6.08 Å². The Morgan fingerprint density at radius 1 is 1.12 bits per heavy atom. The molecule has 0 amide bonds. The highest BCUT2D eigenvalue weighted by atomic mass is 127.